The lowest BCUT2D eigenvalue weighted by atomic mass is 10.2. The first kappa shape index (κ1) is 52.2. The lowest BCUT2D eigenvalue weighted by Gasteiger charge is -2.24. The van der Waals surface area contributed by atoms with Crippen LogP contribution in [0.1, 0.15) is 20.8 Å². The molecule has 0 radical (unpaired) electrons. The number of nitro groups is 1. The van der Waals surface area contributed by atoms with Gasteiger partial charge in [-0.3, -0.25) is 10.1 Å². The standard InChI is InChI=1S/C38H68N2O17/c1-38(2,3)57-37(41)39(4)9-10-44-11-12-45-13-14-46-15-16-47-17-18-48-19-20-49-21-22-50-23-24-51-25-26-52-27-28-53-29-30-54-31-32-55-33-34-56-36-7-5-35(6-8-36)40(42)43/h5-8H,9-34H2,1-4H3. The Balaban J connectivity index is 1.66. The van der Waals surface area contributed by atoms with Gasteiger partial charge in [-0.15, -0.1) is 0 Å². The second-order valence-electron chi connectivity index (χ2n) is 12.8. The van der Waals surface area contributed by atoms with E-state index in [0.29, 0.717) is 177 Å². The molecule has 57 heavy (non-hydrogen) atoms. The van der Waals surface area contributed by atoms with Gasteiger partial charge in [-0.2, -0.15) is 0 Å². The molecule has 0 heterocycles. The van der Waals surface area contributed by atoms with E-state index in [9.17, 15) is 14.9 Å². The summed E-state index contributed by atoms with van der Waals surface area (Å²) in [6.07, 6.45) is -0.371. The van der Waals surface area contributed by atoms with Gasteiger partial charge in [-0.25, -0.2) is 4.79 Å². The van der Waals surface area contributed by atoms with Crippen molar-refractivity contribution < 1.29 is 76.0 Å². The molecule has 0 spiro atoms. The third kappa shape index (κ3) is 36.1. The largest absolute Gasteiger partial charge is 0.491 e. The highest BCUT2D eigenvalue weighted by Crippen LogP contribution is 2.17. The summed E-state index contributed by atoms with van der Waals surface area (Å²) in [5.41, 5.74) is -0.496. The van der Waals surface area contributed by atoms with Crippen LogP contribution >= 0.6 is 0 Å². The number of carbonyl (C=O) groups is 1. The van der Waals surface area contributed by atoms with E-state index in [0.717, 1.165) is 0 Å². The Morgan fingerprint density at radius 1 is 0.491 bits per heavy atom. The SMILES string of the molecule is CN(CCOCCOCCOCCOCCOCCOCCOCCOCCOCCOCCOCCOCCOc1ccc([N+](=O)[O-])cc1)C(=O)OC(C)(C)C. The molecule has 1 amide bonds. The zero-order valence-electron chi connectivity index (χ0n) is 34.5. The van der Waals surface area contributed by atoms with Gasteiger partial charge in [-0.05, 0) is 32.9 Å². The molecular weight excluding hydrogens is 756 g/mol. The fourth-order valence-corrected chi connectivity index (χ4v) is 4.04. The molecule has 19 heteroatoms. The van der Waals surface area contributed by atoms with Crippen LogP contribution in [0.2, 0.25) is 0 Å². The van der Waals surface area contributed by atoms with E-state index >= 15 is 0 Å². The number of nitro benzene ring substituents is 1. The molecule has 0 aliphatic heterocycles. The normalized spacial score (nSPS) is 11.6. The average molecular weight is 825 g/mol. The van der Waals surface area contributed by atoms with Crippen molar-refractivity contribution in [3.63, 3.8) is 0 Å². The molecule has 332 valence electrons. The minimum absolute atomic E-state index is 0.0213. The van der Waals surface area contributed by atoms with E-state index in [2.05, 4.69) is 0 Å². The second-order valence-corrected chi connectivity index (χ2v) is 12.8. The number of hydrogen-bond donors (Lipinski definition) is 0. The summed E-state index contributed by atoms with van der Waals surface area (Å²) >= 11 is 0. The van der Waals surface area contributed by atoms with Crippen molar-refractivity contribution in [2.45, 2.75) is 26.4 Å². The van der Waals surface area contributed by atoms with Crippen LogP contribution in [-0.2, 0) is 61.6 Å². The van der Waals surface area contributed by atoms with Gasteiger partial charge in [0.2, 0.25) is 0 Å². The molecule has 1 aromatic rings. The van der Waals surface area contributed by atoms with Crippen molar-refractivity contribution >= 4 is 11.8 Å². The molecule has 0 aromatic heterocycles. The van der Waals surface area contributed by atoms with Gasteiger partial charge in [0.15, 0.2) is 0 Å². The summed E-state index contributed by atoms with van der Waals surface area (Å²) < 4.78 is 76.4. The number of rotatable bonds is 41. The molecule has 0 unspecified atom stereocenters. The molecule has 19 nitrogen and oxygen atoms in total. The summed E-state index contributed by atoms with van der Waals surface area (Å²) in [7, 11) is 1.68. The predicted molar refractivity (Wildman–Crippen MR) is 207 cm³/mol. The zero-order chi connectivity index (χ0) is 41.5. The Hall–Kier alpha value is -2.79. The highest BCUT2D eigenvalue weighted by atomic mass is 16.6. The van der Waals surface area contributed by atoms with E-state index in [4.69, 9.17) is 66.3 Å². The summed E-state index contributed by atoms with van der Waals surface area (Å²) in [6.45, 7) is 17.3. The van der Waals surface area contributed by atoms with Crippen LogP contribution in [0.3, 0.4) is 0 Å². The minimum atomic E-state index is -0.518. The van der Waals surface area contributed by atoms with Crippen molar-refractivity contribution in [1.29, 1.82) is 0 Å². The van der Waals surface area contributed by atoms with Crippen molar-refractivity contribution in [3.05, 3.63) is 34.4 Å². The number of carbonyl (C=O) groups excluding carboxylic acids is 1. The third-order valence-corrected chi connectivity index (χ3v) is 6.91. The molecule has 0 N–H and O–H groups in total. The number of amides is 1. The Kier molecular flexibility index (Phi) is 34.3. The van der Waals surface area contributed by atoms with E-state index in [1.807, 2.05) is 20.8 Å². The van der Waals surface area contributed by atoms with Gasteiger partial charge in [0.1, 0.15) is 18.0 Å². The maximum atomic E-state index is 11.9. The van der Waals surface area contributed by atoms with Gasteiger partial charge in [0.05, 0.1) is 163 Å². The molecule has 0 fully saturated rings. The zero-order valence-corrected chi connectivity index (χ0v) is 34.5. The number of benzene rings is 1. The molecule has 1 aromatic carbocycles. The molecule has 1 rings (SSSR count). The first-order valence-electron chi connectivity index (χ1n) is 19.4. The Bertz CT molecular complexity index is 1070. The number of nitrogens with zero attached hydrogens (tertiary/aromatic N) is 2. The average Bonchev–Trinajstić information content (AvgIpc) is 3.18. The first-order valence-corrected chi connectivity index (χ1v) is 19.4. The Morgan fingerprint density at radius 2 is 0.754 bits per heavy atom. The van der Waals surface area contributed by atoms with Crippen molar-refractivity contribution in [2.24, 2.45) is 0 Å². The fraction of sp³-hybridized carbons (Fsp3) is 0.816. The Labute approximate surface area is 337 Å². The molecule has 0 bridgehead atoms. The van der Waals surface area contributed by atoms with E-state index in [1.165, 1.54) is 17.0 Å². The van der Waals surface area contributed by atoms with E-state index in [1.54, 1.807) is 19.2 Å². The summed E-state index contributed by atoms with van der Waals surface area (Å²) in [4.78, 5) is 23.6. The second kappa shape index (κ2) is 37.5. The van der Waals surface area contributed by atoms with Crippen molar-refractivity contribution in [3.8, 4) is 5.75 Å². The number of non-ortho nitro benzene ring substituents is 1. The van der Waals surface area contributed by atoms with E-state index < -0.39 is 10.5 Å². The number of likely N-dealkylation sites (N-methyl/N-ethyl adjacent to an activating group) is 1. The van der Waals surface area contributed by atoms with Crippen molar-refractivity contribution in [2.75, 3.05) is 179 Å². The lowest BCUT2D eigenvalue weighted by Crippen LogP contribution is -2.36. The lowest BCUT2D eigenvalue weighted by molar-refractivity contribution is -0.384. The van der Waals surface area contributed by atoms with Crippen LogP contribution in [0.15, 0.2) is 24.3 Å². The van der Waals surface area contributed by atoms with Crippen LogP contribution < -0.4 is 4.74 Å². The monoisotopic (exact) mass is 824 g/mol. The predicted octanol–water partition coefficient (Wildman–Crippen LogP) is 3.04. The topological polar surface area (TPSA) is 193 Å². The summed E-state index contributed by atoms with van der Waals surface area (Å²) in [5, 5.41) is 10.7. The van der Waals surface area contributed by atoms with Gasteiger partial charge < -0.3 is 71.2 Å². The first-order chi connectivity index (χ1) is 27.7. The van der Waals surface area contributed by atoms with Gasteiger partial charge in [0.25, 0.3) is 5.69 Å². The van der Waals surface area contributed by atoms with E-state index in [-0.39, 0.29) is 11.8 Å². The van der Waals surface area contributed by atoms with Crippen LogP contribution in [-0.4, -0.2) is 200 Å². The molecule has 0 saturated carbocycles. The summed E-state index contributed by atoms with van der Waals surface area (Å²) in [6, 6.07) is 5.90. The molecule has 0 saturated heterocycles. The highest BCUT2D eigenvalue weighted by molar-refractivity contribution is 5.67. The molecule has 0 atom stereocenters. The molecule has 0 aliphatic rings. The van der Waals surface area contributed by atoms with Crippen LogP contribution in [0.5, 0.6) is 5.75 Å². The number of ether oxygens (including phenoxy) is 14. The summed E-state index contributed by atoms with van der Waals surface area (Å²) in [5.74, 6) is 0.551. The minimum Gasteiger partial charge on any atom is -0.491 e. The quantitative estimate of drug-likeness (QED) is 0.0531. The van der Waals surface area contributed by atoms with Gasteiger partial charge in [0, 0.05) is 25.7 Å². The molecular formula is C38H68N2O17. The maximum Gasteiger partial charge on any atom is 0.410 e. The molecule has 0 aliphatic carbocycles. The van der Waals surface area contributed by atoms with Gasteiger partial charge >= 0.3 is 6.09 Å². The third-order valence-electron chi connectivity index (χ3n) is 6.91. The fourth-order valence-electron chi connectivity index (χ4n) is 4.04. The smallest absolute Gasteiger partial charge is 0.410 e. The van der Waals surface area contributed by atoms with Crippen LogP contribution in [0.25, 0.3) is 0 Å². The highest BCUT2D eigenvalue weighted by Gasteiger charge is 2.19. The number of hydrogen-bond acceptors (Lipinski definition) is 17. The van der Waals surface area contributed by atoms with Crippen LogP contribution in [0, 0.1) is 10.1 Å². The maximum absolute atomic E-state index is 11.9. The van der Waals surface area contributed by atoms with Crippen molar-refractivity contribution in [1.82, 2.24) is 4.90 Å². The Morgan fingerprint density at radius 3 is 1.02 bits per heavy atom. The van der Waals surface area contributed by atoms with Gasteiger partial charge in [-0.1, -0.05) is 0 Å². The van der Waals surface area contributed by atoms with Crippen LogP contribution in [0.4, 0.5) is 10.5 Å².